The van der Waals surface area contributed by atoms with Crippen LogP contribution in [0.15, 0.2) is 4.99 Å². The van der Waals surface area contributed by atoms with Crippen LogP contribution in [-0.2, 0) is 0 Å². The molecule has 1 aliphatic heterocycles. The van der Waals surface area contributed by atoms with Crippen molar-refractivity contribution in [2.75, 3.05) is 33.2 Å². The minimum absolute atomic E-state index is 0. The second kappa shape index (κ2) is 11.5. The van der Waals surface area contributed by atoms with Crippen molar-refractivity contribution in [3.63, 3.8) is 0 Å². The molecule has 1 heterocycles. The van der Waals surface area contributed by atoms with E-state index in [4.69, 9.17) is 4.99 Å². The van der Waals surface area contributed by atoms with Crippen LogP contribution >= 0.6 is 24.0 Å². The summed E-state index contributed by atoms with van der Waals surface area (Å²) in [4.78, 5) is 7.16. The SMILES string of the molecule is CCNC(=NCCC1CCN(C)CC1)NC(C)C(C)C.I. The highest BCUT2D eigenvalue weighted by molar-refractivity contribution is 14.0. The van der Waals surface area contributed by atoms with E-state index in [0.717, 1.165) is 25.0 Å². The predicted molar refractivity (Wildman–Crippen MR) is 104 cm³/mol. The summed E-state index contributed by atoms with van der Waals surface area (Å²) in [5.74, 6) is 2.45. The molecule has 0 aliphatic carbocycles. The van der Waals surface area contributed by atoms with Crippen LogP contribution in [0.2, 0.25) is 0 Å². The lowest BCUT2D eigenvalue weighted by molar-refractivity contribution is 0.214. The van der Waals surface area contributed by atoms with Gasteiger partial charge in [0.15, 0.2) is 5.96 Å². The quantitative estimate of drug-likeness (QED) is 0.402. The second-order valence-electron chi connectivity index (χ2n) is 6.47. The molecule has 0 aromatic carbocycles. The summed E-state index contributed by atoms with van der Waals surface area (Å²) < 4.78 is 0. The molecular weight excluding hydrogens is 375 g/mol. The van der Waals surface area contributed by atoms with Crippen LogP contribution in [0, 0.1) is 11.8 Å². The number of guanidine groups is 1. The zero-order chi connectivity index (χ0) is 15.0. The minimum Gasteiger partial charge on any atom is -0.357 e. The van der Waals surface area contributed by atoms with E-state index in [0.29, 0.717) is 12.0 Å². The number of hydrogen-bond donors (Lipinski definition) is 2. The molecule has 0 amide bonds. The third-order valence-electron chi connectivity index (χ3n) is 4.35. The Hall–Kier alpha value is -0.0400. The van der Waals surface area contributed by atoms with Gasteiger partial charge in [0, 0.05) is 19.1 Å². The molecule has 1 aliphatic rings. The molecule has 0 radical (unpaired) electrons. The van der Waals surface area contributed by atoms with E-state index in [1.165, 1.54) is 32.4 Å². The molecular formula is C16H35IN4. The van der Waals surface area contributed by atoms with Crippen molar-refractivity contribution < 1.29 is 0 Å². The number of rotatable bonds is 6. The van der Waals surface area contributed by atoms with E-state index in [1.807, 2.05) is 0 Å². The number of likely N-dealkylation sites (tertiary alicyclic amines) is 1. The van der Waals surface area contributed by atoms with Gasteiger partial charge in [0.05, 0.1) is 0 Å². The number of hydrogen-bond acceptors (Lipinski definition) is 2. The van der Waals surface area contributed by atoms with Crippen molar-refractivity contribution in [1.82, 2.24) is 15.5 Å². The topological polar surface area (TPSA) is 39.7 Å². The average Bonchev–Trinajstić information content (AvgIpc) is 2.41. The first kappa shape index (κ1) is 21.0. The summed E-state index contributed by atoms with van der Waals surface area (Å²) in [7, 11) is 2.22. The maximum absolute atomic E-state index is 4.73. The maximum atomic E-state index is 4.73. The molecule has 0 aromatic rings. The van der Waals surface area contributed by atoms with Gasteiger partial charge >= 0.3 is 0 Å². The van der Waals surface area contributed by atoms with Crippen molar-refractivity contribution in [2.45, 2.75) is 53.0 Å². The van der Waals surface area contributed by atoms with Crippen LogP contribution in [0.3, 0.4) is 0 Å². The van der Waals surface area contributed by atoms with Crippen LogP contribution in [0.5, 0.6) is 0 Å². The van der Waals surface area contributed by atoms with Gasteiger partial charge in [0.1, 0.15) is 0 Å². The van der Waals surface area contributed by atoms with Crippen LogP contribution in [-0.4, -0.2) is 50.1 Å². The Morgan fingerprint density at radius 3 is 2.38 bits per heavy atom. The summed E-state index contributed by atoms with van der Waals surface area (Å²) >= 11 is 0. The van der Waals surface area contributed by atoms with E-state index in [2.05, 4.69) is 50.3 Å². The predicted octanol–water partition coefficient (Wildman–Crippen LogP) is 2.94. The number of nitrogens with zero attached hydrogens (tertiary/aromatic N) is 2. The Morgan fingerprint density at radius 2 is 1.86 bits per heavy atom. The summed E-state index contributed by atoms with van der Waals surface area (Å²) in [5.41, 5.74) is 0. The fourth-order valence-corrected chi connectivity index (χ4v) is 2.41. The first-order chi connectivity index (χ1) is 9.52. The Balaban J connectivity index is 0.00000400. The van der Waals surface area contributed by atoms with Gasteiger partial charge in [-0.1, -0.05) is 13.8 Å². The van der Waals surface area contributed by atoms with Crippen molar-refractivity contribution in [3.05, 3.63) is 0 Å². The van der Waals surface area contributed by atoms with Gasteiger partial charge in [-0.2, -0.15) is 0 Å². The Kier molecular flexibility index (Phi) is 11.5. The monoisotopic (exact) mass is 410 g/mol. The Morgan fingerprint density at radius 1 is 1.24 bits per heavy atom. The van der Waals surface area contributed by atoms with Crippen LogP contribution in [0.1, 0.15) is 47.0 Å². The zero-order valence-corrected chi connectivity index (χ0v) is 16.8. The van der Waals surface area contributed by atoms with Gasteiger partial charge in [-0.25, -0.2) is 0 Å². The number of piperidine rings is 1. The van der Waals surface area contributed by atoms with Gasteiger partial charge in [-0.3, -0.25) is 4.99 Å². The fourth-order valence-electron chi connectivity index (χ4n) is 2.41. The lowest BCUT2D eigenvalue weighted by Gasteiger charge is -2.28. The molecule has 1 saturated heterocycles. The normalized spacial score (nSPS) is 19.2. The van der Waals surface area contributed by atoms with Gasteiger partial charge in [0.2, 0.25) is 0 Å². The Bertz CT molecular complexity index is 286. The molecule has 0 spiro atoms. The van der Waals surface area contributed by atoms with Crippen molar-refractivity contribution in [1.29, 1.82) is 0 Å². The molecule has 1 atom stereocenters. The molecule has 1 unspecified atom stereocenters. The first-order valence-corrected chi connectivity index (χ1v) is 8.26. The number of nitrogens with one attached hydrogen (secondary N) is 2. The molecule has 4 nitrogen and oxygen atoms in total. The summed E-state index contributed by atoms with van der Waals surface area (Å²) in [6.07, 6.45) is 3.89. The fraction of sp³-hybridized carbons (Fsp3) is 0.938. The van der Waals surface area contributed by atoms with Crippen molar-refractivity contribution in [2.24, 2.45) is 16.8 Å². The summed E-state index contributed by atoms with van der Waals surface area (Å²) in [6.45, 7) is 13.2. The van der Waals surface area contributed by atoms with Crippen molar-refractivity contribution >= 4 is 29.9 Å². The summed E-state index contributed by atoms with van der Waals surface area (Å²) in [6, 6.07) is 0.455. The zero-order valence-electron chi connectivity index (χ0n) is 14.5. The van der Waals surface area contributed by atoms with Crippen molar-refractivity contribution in [3.8, 4) is 0 Å². The smallest absolute Gasteiger partial charge is 0.191 e. The third kappa shape index (κ3) is 8.86. The summed E-state index contributed by atoms with van der Waals surface area (Å²) in [5, 5.41) is 6.84. The number of aliphatic imine (C=N–C) groups is 1. The molecule has 1 rings (SSSR count). The highest BCUT2D eigenvalue weighted by Gasteiger charge is 2.16. The lowest BCUT2D eigenvalue weighted by Crippen LogP contribution is -2.44. The van der Waals surface area contributed by atoms with Gasteiger partial charge in [-0.15, -0.1) is 24.0 Å². The first-order valence-electron chi connectivity index (χ1n) is 8.26. The molecule has 1 fully saturated rings. The van der Waals surface area contributed by atoms with E-state index in [-0.39, 0.29) is 24.0 Å². The van der Waals surface area contributed by atoms with Crippen LogP contribution in [0.4, 0.5) is 0 Å². The molecule has 0 aromatic heterocycles. The maximum Gasteiger partial charge on any atom is 0.191 e. The van der Waals surface area contributed by atoms with Crippen LogP contribution < -0.4 is 10.6 Å². The lowest BCUT2D eigenvalue weighted by atomic mass is 9.94. The van der Waals surface area contributed by atoms with Crippen LogP contribution in [0.25, 0.3) is 0 Å². The van der Waals surface area contributed by atoms with Gasteiger partial charge in [0.25, 0.3) is 0 Å². The molecule has 0 bridgehead atoms. The largest absolute Gasteiger partial charge is 0.357 e. The minimum atomic E-state index is 0. The van der Waals surface area contributed by atoms with E-state index < -0.39 is 0 Å². The molecule has 0 saturated carbocycles. The van der Waals surface area contributed by atoms with Gasteiger partial charge in [-0.05, 0) is 65.1 Å². The van der Waals surface area contributed by atoms with Gasteiger partial charge < -0.3 is 15.5 Å². The highest BCUT2D eigenvalue weighted by Crippen LogP contribution is 2.19. The van der Waals surface area contributed by atoms with E-state index >= 15 is 0 Å². The van der Waals surface area contributed by atoms with E-state index in [9.17, 15) is 0 Å². The number of halogens is 1. The molecule has 5 heteroatoms. The third-order valence-corrected chi connectivity index (χ3v) is 4.35. The average molecular weight is 410 g/mol. The molecule has 21 heavy (non-hydrogen) atoms. The Labute approximate surface area is 148 Å². The standard InChI is InChI=1S/C16H34N4.HI/c1-6-17-16(19-14(4)13(2)3)18-10-7-15-8-11-20(5)12-9-15;/h13-15H,6-12H2,1-5H3,(H2,17,18,19);1H. The van der Waals surface area contributed by atoms with E-state index in [1.54, 1.807) is 0 Å². The molecule has 2 N–H and O–H groups in total. The highest BCUT2D eigenvalue weighted by atomic mass is 127. The second-order valence-corrected chi connectivity index (χ2v) is 6.47. The molecule has 126 valence electrons.